The van der Waals surface area contributed by atoms with Gasteiger partial charge in [0.2, 0.25) is 0 Å². The number of alkyl halides is 3. The van der Waals surface area contributed by atoms with E-state index in [9.17, 15) is 17.6 Å². The monoisotopic (exact) mass is 448 g/mol. The third-order valence-electron chi connectivity index (χ3n) is 7.48. The Morgan fingerprint density at radius 3 is 1.97 bits per heavy atom. The highest BCUT2D eigenvalue weighted by atomic mass is 19.4. The fourth-order valence-corrected chi connectivity index (χ4v) is 5.49. The van der Waals surface area contributed by atoms with Gasteiger partial charge in [0.15, 0.2) is 0 Å². The molecular weight excluding hydrogens is 412 g/mol. The molecule has 0 heterocycles. The molecule has 0 atom stereocenters. The van der Waals surface area contributed by atoms with E-state index in [1.807, 2.05) is 0 Å². The Morgan fingerprint density at radius 1 is 0.875 bits per heavy atom. The minimum Gasteiger partial charge on any atom is -0.206 e. The third-order valence-corrected chi connectivity index (χ3v) is 7.48. The van der Waals surface area contributed by atoms with Crippen molar-refractivity contribution < 1.29 is 17.6 Å². The van der Waals surface area contributed by atoms with Crippen LogP contribution in [0.4, 0.5) is 17.6 Å². The van der Waals surface area contributed by atoms with Gasteiger partial charge in [-0.25, -0.2) is 4.39 Å². The van der Waals surface area contributed by atoms with E-state index >= 15 is 0 Å². The van der Waals surface area contributed by atoms with Crippen molar-refractivity contribution in [2.45, 2.75) is 90.1 Å². The molecule has 176 valence electrons. The molecular formula is C28H36F4. The Morgan fingerprint density at radius 2 is 1.44 bits per heavy atom. The van der Waals surface area contributed by atoms with Crippen LogP contribution < -0.4 is 0 Å². The summed E-state index contributed by atoms with van der Waals surface area (Å²) in [4.78, 5) is 0. The van der Waals surface area contributed by atoms with Crippen molar-refractivity contribution in [3.05, 3.63) is 47.3 Å². The zero-order chi connectivity index (χ0) is 23.0. The maximum atomic E-state index is 13.6. The Hall–Kier alpha value is -1.76. The van der Waals surface area contributed by atoms with Crippen LogP contribution in [0.5, 0.6) is 0 Å². The summed E-state index contributed by atoms with van der Waals surface area (Å²) < 4.78 is 51.5. The fourth-order valence-electron chi connectivity index (χ4n) is 5.49. The summed E-state index contributed by atoms with van der Waals surface area (Å²) >= 11 is 0. The van der Waals surface area contributed by atoms with Gasteiger partial charge in [0.1, 0.15) is 5.82 Å². The number of benzene rings is 1. The van der Waals surface area contributed by atoms with Crippen LogP contribution in [0.25, 0.3) is 0 Å². The predicted molar refractivity (Wildman–Crippen MR) is 122 cm³/mol. The number of halogens is 4. The van der Waals surface area contributed by atoms with E-state index in [1.165, 1.54) is 83.1 Å². The molecule has 0 saturated heterocycles. The molecule has 3 rings (SSSR count). The minimum absolute atomic E-state index is 0.257. The molecule has 0 radical (unpaired) electrons. The number of allylic oxidation sites excluding steroid dienone is 2. The quantitative estimate of drug-likeness (QED) is 0.301. The smallest absolute Gasteiger partial charge is 0.206 e. The predicted octanol–water partition coefficient (Wildman–Crippen LogP) is 8.95. The SMILES string of the molecule is CCC[C@H]1CC[C@H](CC[C@H]2CC[C@H](C=CC#Cc3ccc(C(F)(F)F)c(F)c3)CC2)CC1. The molecule has 0 N–H and O–H groups in total. The lowest BCUT2D eigenvalue weighted by atomic mass is 9.75. The molecule has 2 fully saturated rings. The first-order valence-corrected chi connectivity index (χ1v) is 12.4. The third kappa shape index (κ3) is 7.68. The summed E-state index contributed by atoms with van der Waals surface area (Å²) in [6.45, 7) is 2.30. The summed E-state index contributed by atoms with van der Waals surface area (Å²) in [6.07, 6.45) is 15.4. The molecule has 4 heteroatoms. The van der Waals surface area contributed by atoms with E-state index in [0.29, 0.717) is 5.92 Å². The maximum Gasteiger partial charge on any atom is 0.419 e. The summed E-state index contributed by atoms with van der Waals surface area (Å²) in [5, 5.41) is 0. The van der Waals surface area contributed by atoms with Gasteiger partial charge in [0, 0.05) is 5.56 Å². The molecule has 2 aliphatic carbocycles. The normalized spacial score (nSPS) is 26.7. The zero-order valence-electron chi connectivity index (χ0n) is 19.2. The Kier molecular flexibility index (Phi) is 9.26. The van der Waals surface area contributed by atoms with Gasteiger partial charge in [0.25, 0.3) is 0 Å². The van der Waals surface area contributed by atoms with Crippen molar-refractivity contribution in [1.82, 2.24) is 0 Å². The molecule has 2 saturated carbocycles. The summed E-state index contributed by atoms with van der Waals surface area (Å²) in [7, 11) is 0. The summed E-state index contributed by atoms with van der Waals surface area (Å²) in [6, 6.07) is 2.82. The Balaban J connectivity index is 1.36. The van der Waals surface area contributed by atoms with Gasteiger partial charge >= 0.3 is 6.18 Å². The molecule has 1 aromatic carbocycles. The standard InChI is InChI=1S/C28H36F4/c1-2-5-21-8-12-23(13-9-21)16-17-24-14-10-22(11-15-24)6-3-4-7-25-18-19-26(27(29)20-25)28(30,31)32/h3,6,18-24H,2,5,8-17H2,1H3/t21-,22-,23-,24-. The minimum atomic E-state index is -4.68. The van der Waals surface area contributed by atoms with Gasteiger partial charge in [-0.15, -0.1) is 0 Å². The first-order chi connectivity index (χ1) is 15.3. The van der Waals surface area contributed by atoms with Crippen molar-refractivity contribution in [2.24, 2.45) is 23.7 Å². The van der Waals surface area contributed by atoms with E-state index in [4.69, 9.17) is 0 Å². The van der Waals surface area contributed by atoms with Gasteiger partial charge in [-0.05, 0) is 73.6 Å². The average molecular weight is 449 g/mol. The van der Waals surface area contributed by atoms with Gasteiger partial charge in [0.05, 0.1) is 5.56 Å². The molecule has 0 nitrogen and oxygen atoms in total. The molecule has 0 aliphatic heterocycles. The van der Waals surface area contributed by atoms with Crippen molar-refractivity contribution in [3.8, 4) is 11.8 Å². The molecule has 0 bridgehead atoms. The second-order valence-corrected chi connectivity index (χ2v) is 9.85. The first-order valence-electron chi connectivity index (χ1n) is 12.4. The van der Waals surface area contributed by atoms with Gasteiger partial charge in [-0.1, -0.05) is 76.2 Å². The number of hydrogen-bond donors (Lipinski definition) is 0. The first kappa shape index (κ1) is 24.9. The molecule has 0 aromatic heterocycles. The zero-order valence-corrected chi connectivity index (χ0v) is 19.2. The molecule has 0 unspecified atom stereocenters. The van der Waals surface area contributed by atoms with Gasteiger partial charge < -0.3 is 0 Å². The highest BCUT2D eigenvalue weighted by Gasteiger charge is 2.33. The fraction of sp³-hybridized carbons (Fsp3) is 0.643. The van der Waals surface area contributed by atoms with Crippen LogP contribution in [0.2, 0.25) is 0 Å². The second kappa shape index (κ2) is 11.9. The highest BCUT2D eigenvalue weighted by molar-refractivity contribution is 5.39. The lowest BCUT2D eigenvalue weighted by Gasteiger charge is -2.31. The molecule has 2 aliphatic rings. The lowest BCUT2D eigenvalue weighted by molar-refractivity contribution is -0.140. The Labute approximate surface area is 190 Å². The second-order valence-electron chi connectivity index (χ2n) is 9.85. The van der Waals surface area contributed by atoms with E-state index in [2.05, 4.69) is 24.8 Å². The van der Waals surface area contributed by atoms with E-state index in [0.717, 1.165) is 29.9 Å². The van der Waals surface area contributed by atoms with Crippen LogP contribution in [-0.2, 0) is 6.18 Å². The van der Waals surface area contributed by atoms with Crippen LogP contribution in [-0.4, -0.2) is 0 Å². The van der Waals surface area contributed by atoms with E-state index in [1.54, 1.807) is 6.08 Å². The maximum absolute atomic E-state index is 13.6. The van der Waals surface area contributed by atoms with Crippen LogP contribution in [0.1, 0.15) is 95.1 Å². The van der Waals surface area contributed by atoms with Crippen molar-refractivity contribution >= 4 is 0 Å². The molecule has 0 spiro atoms. The molecule has 0 amide bonds. The van der Waals surface area contributed by atoms with Crippen molar-refractivity contribution in [3.63, 3.8) is 0 Å². The van der Waals surface area contributed by atoms with Crippen LogP contribution >= 0.6 is 0 Å². The Bertz CT molecular complexity index is 795. The van der Waals surface area contributed by atoms with Gasteiger partial charge in [-0.3, -0.25) is 0 Å². The largest absolute Gasteiger partial charge is 0.419 e. The summed E-state index contributed by atoms with van der Waals surface area (Å²) in [5.41, 5.74) is -0.993. The van der Waals surface area contributed by atoms with E-state index < -0.39 is 17.6 Å². The van der Waals surface area contributed by atoms with Crippen molar-refractivity contribution in [1.29, 1.82) is 0 Å². The van der Waals surface area contributed by atoms with E-state index in [-0.39, 0.29) is 5.56 Å². The van der Waals surface area contributed by atoms with Crippen LogP contribution in [0.15, 0.2) is 30.4 Å². The molecule has 1 aromatic rings. The van der Waals surface area contributed by atoms with Gasteiger partial charge in [-0.2, -0.15) is 13.2 Å². The van der Waals surface area contributed by atoms with Crippen LogP contribution in [0, 0.1) is 41.3 Å². The topological polar surface area (TPSA) is 0 Å². The van der Waals surface area contributed by atoms with Crippen molar-refractivity contribution in [2.75, 3.05) is 0 Å². The average Bonchev–Trinajstić information content (AvgIpc) is 2.76. The number of rotatable bonds is 6. The number of hydrogen-bond acceptors (Lipinski definition) is 0. The lowest BCUT2D eigenvalue weighted by Crippen LogP contribution is -2.17. The molecule has 32 heavy (non-hydrogen) atoms. The van der Waals surface area contributed by atoms with Crippen LogP contribution in [0.3, 0.4) is 0 Å². The summed E-state index contributed by atoms with van der Waals surface area (Å²) in [5.74, 6) is 7.62. The highest BCUT2D eigenvalue weighted by Crippen LogP contribution is 2.38.